The molecule has 0 aliphatic carbocycles. The van der Waals surface area contributed by atoms with E-state index in [9.17, 15) is 14.7 Å². The molecule has 0 spiro atoms. The van der Waals surface area contributed by atoms with Gasteiger partial charge in [-0.25, -0.2) is 0 Å². The molecule has 2 unspecified atom stereocenters. The van der Waals surface area contributed by atoms with Crippen LogP contribution in [0.5, 0.6) is 0 Å². The van der Waals surface area contributed by atoms with Crippen LogP contribution in [0.15, 0.2) is 54.9 Å². The number of nitrogens with zero attached hydrogens (tertiary/aromatic N) is 1. The number of hydrogen-bond acceptors (Lipinski definition) is 3. The van der Waals surface area contributed by atoms with Gasteiger partial charge in [0.2, 0.25) is 0 Å². The minimum Gasteiger partial charge on any atom is -0.481 e. The van der Waals surface area contributed by atoms with Crippen LogP contribution in [-0.4, -0.2) is 22.0 Å². The quantitative estimate of drug-likeness (QED) is 0.882. The molecule has 2 aromatic rings. The number of carbonyl (C=O) groups is 2. The predicted octanol–water partition coefficient (Wildman–Crippen LogP) is 2.27. The van der Waals surface area contributed by atoms with E-state index in [1.165, 1.54) is 12.4 Å². The molecule has 2 N–H and O–H groups in total. The second-order valence-corrected chi connectivity index (χ2v) is 4.72. The Labute approximate surface area is 122 Å². The molecule has 0 aliphatic heterocycles. The molecule has 0 aliphatic rings. The summed E-state index contributed by atoms with van der Waals surface area (Å²) in [5.74, 6) is -2.02. The van der Waals surface area contributed by atoms with Crippen LogP contribution in [0, 0.1) is 5.92 Å². The predicted molar refractivity (Wildman–Crippen MR) is 77.7 cm³/mol. The van der Waals surface area contributed by atoms with Crippen LogP contribution < -0.4 is 5.32 Å². The van der Waals surface area contributed by atoms with Gasteiger partial charge in [-0.1, -0.05) is 30.3 Å². The number of carbonyl (C=O) groups excluding carboxylic acids is 1. The Morgan fingerprint density at radius 3 is 2.29 bits per heavy atom. The first-order valence-corrected chi connectivity index (χ1v) is 6.58. The first-order chi connectivity index (χ1) is 10.1. The minimum absolute atomic E-state index is 0.320. The average molecular weight is 284 g/mol. The average Bonchev–Trinajstić information content (AvgIpc) is 2.53. The summed E-state index contributed by atoms with van der Waals surface area (Å²) in [4.78, 5) is 27.3. The Balaban J connectivity index is 2.25. The van der Waals surface area contributed by atoms with E-state index in [0.29, 0.717) is 5.56 Å². The fourth-order valence-corrected chi connectivity index (χ4v) is 2.03. The van der Waals surface area contributed by atoms with E-state index < -0.39 is 17.9 Å². The van der Waals surface area contributed by atoms with Crippen molar-refractivity contribution >= 4 is 11.9 Å². The van der Waals surface area contributed by atoms with E-state index >= 15 is 0 Å². The lowest BCUT2D eigenvalue weighted by Crippen LogP contribution is -2.35. The van der Waals surface area contributed by atoms with Crippen molar-refractivity contribution in [2.45, 2.75) is 13.0 Å². The van der Waals surface area contributed by atoms with Crippen LogP contribution in [0.25, 0.3) is 0 Å². The Bertz CT molecular complexity index is 614. The number of carboxylic acids is 1. The topological polar surface area (TPSA) is 79.3 Å². The molecule has 0 saturated heterocycles. The fraction of sp³-hybridized carbons (Fsp3) is 0.188. The fourth-order valence-electron chi connectivity index (χ4n) is 2.03. The molecule has 0 bridgehead atoms. The Morgan fingerprint density at radius 2 is 1.71 bits per heavy atom. The monoisotopic (exact) mass is 284 g/mol. The van der Waals surface area contributed by atoms with Crippen molar-refractivity contribution in [3.05, 3.63) is 66.0 Å². The maximum atomic E-state index is 12.2. The first-order valence-electron chi connectivity index (χ1n) is 6.58. The summed E-state index contributed by atoms with van der Waals surface area (Å²) in [6, 6.07) is 11.7. The number of amides is 1. The summed E-state index contributed by atoms with van der Waals surface area (Å²) < 4.78 is 0. The molecule has 5 nitrogen and oxygen atoms in total. The summed E-state index contributed by atoms with van der Waals surface area (Å²) in [6.07, 6.45) is 3.04. The smallest absolute Gasteiger partial charge is 0.308 e. The van der Waals surface area contributed by atoms with Crippen LogP contribution in [0.2, 0.25) is 0 Å². The van der Waals surface area contributed by atoms with Gasteiger partial charge >= 0.3 is 5.97 Å². The normalized spacial score (nSPS) is 13.2. The summed E-state index contributed by atoms with van der Waals surface area (Å²) >= 11 is 0. The Morgan fingerprint density at radius 1 is 1.10 bits per heavy atom. The third kappa shape index (κ3) is 3.66. The van der Waals surface area contributed by atoms with Gasteiger partial charge in [-0.05, 0) is 24.6 Å². The summed E-state index contributed by atoms with van der Waals surface area (Å²) in [5, 5.41) is 12.0. The van der Waals surface area contributed by atoms with Gasteiger partial charge in [0.1, 0.15) is 0 Å². The third-order valence-electron chi connectivity index (χ3n) is 3.28. The van der Waals surface area contributed by atoms with E-state index in [4.69, 9.17) is 0 Å². The lowest BCUT2D eigenvalue weighted by atomic mass is 9.94. The molecule has 1 aromatic heterocycles. The lowest BCUT2D eigenvalue weighted by Gasteiger charge is -2.23. The summed E-state index contributed by atoms with van der Waals surface area (Å²) in [7, 11) is 0. The number of pyridine rings is 1. The highest BCUT2D eigenvalue weighted by molar-refractivity contribution is 5.94. The molecule has 1 amide bonds. The van der Waals surface area contributed by atoms with Gasteiger partial charge in [0.05, 0.1) is 12.0 Å². The molecule has 108 valence electrons. The second-order valence-electron chi connectivity index (χ2n) is 4.72. The van der Waals surface area contributed by atoms with Crippen LogP contribution in [0.1, 0.15) is 28.9 Å². The molecule has 0 saturated carbocycles. The molecule has 1 aromatic carbocycles. The number of nitrogens with one attached hydrogen (secondary N) is 1. The number of aliphatic carboxylic acids is 1. The van der Waals surface area contributed by atoms with Gasteiger partial charge in [0.15, 0.2) is 0 Å². The van der Waals surface area contributed by atoms with Crippen LogP contribution in [0.3, 0.4) is 0 Å². The summed E-state index contributed by atoms with van der Waals surface area (Å²) in [5.41, 5.74) is 1.21. The van der Waals surface area contributed by atoms with E-state index in [-0.39, 0.29) is 5.91 Å². The van der Waals surface area contributed by atoms with Crippen LogP contribution in [0.4, 0.5) is 0 Å². The van der Waals surface area contributed by atoms with E-state index in [0.717, 1.165) is 5.56 Å². The highest BCUT2D eigenvalue weighted by atomic mass is 16.4. The zero-order valence-electron chi connectivity index (χ0n) is 11.6. The number of hydrogen-bond donors (Lipinski definition) is 2. The maximum Gasteiger partial charge on any atom is 0.308 e. The van der Waals surface area contributed by atoms with Crippen LogP contribution in [-0.2, 0) is 4.79 Å². The lowest BCUT2D eigenvalue weighted by molar-refractivity contribution is -0.142. The minimum atomic E-state index is -0.959. The van der Waals surface area contributed by atoms with E-state index in [1.807, 2.05) is 18.2 Å². The number of aromatic nitrogens is 1. The molecule has 5 heteroatoms. The first kappa shape index (κ1) is 14.7. The standard InChI is InChI=1S/C16H16N2O3/c1-11(16(20)21)14(12-5-3-2-4-6-12)18-15(19)13-7-9-17-10-8-13/h2-11,14H,1H3,(H,18,19)(H,20,21). The second kappa shape index (κ2) is 6.65. The van der Waals surface area contributed by atoms with Gasteiger partial charge in [-0.2, -0.15) is 0 Å². The van der Waals surface area contributed by atoms with Crippen molar-refractivity contribution < 1.29 is 14.7 Å². The zero-order valence-corrected chi connectivity index (χ0v) is 11.6. The molecule has 0 radical (unpaired) electrons. The molecule has 2 atom stereocenters. The number of rotatable bonds is 5. The largest absolute Gasteiger partial charge is 0.481 e. The molecule has 21 heavy (non-hydrogen) atoms. The van der Waals surface area contributed by atoms with Crippen LogP contribution >= 0.6 is 0 Å². The Hall–Kier alpha value is -2.69. The van der Waals surface area contributed by atoms with Crippen molar-refractivity contribution in [2.75, 3.05) is 0 Å². The van der Waals surface area contributed by atoms with Crippen molar-refractivity contribution in [1.82, 2.24) is 10.3 Å². The SMILES string of the molecule is CC(C(=O)O)C(NC(=O)c1ccncc1)c1ccccc1. The molecular formula is C16H16N2O3. The third-order valence-corrected chi connectivity index (χ3v) is 3.28. The van der Waals surface area contributed by atoms with Gasteiger partial charge in [-0.3, -0.25) is 14.6 Å². The van der Waals surface area contributed by atoms with Crippen molar-refractivity contribution in [3.8, 4) is 0 Å². The molecule has 1 heterocycles. The molecule has 2 rings (SSSR count). The Kier molecular flexibility index (Phi) is 4.66. The number of carboxylic acid groups (broad SMARTS) is 1. The van der Waals surface area contributed by atoms with Gasteiger partial charge in [-0.15, -0.1) is 0 Å². The molecule has 0 fully saturated rings. The zero-order chi connectivity index (χ0) is 15.2. The van der Waals surface area contributed by atoms with E-state index in [2.05, 4.69) is 10.3 Å². The van der Waals surface area contributed by atoms with Crippen molar-refractivity contribution in [2.24, 2.45) is 5.92 Å². The molecular weight excluding hydrogens is 268 g/mol. The highest BCUT2D eigenvalue weighted by Crippen LogP contribution is 2.22. The number of benzene rings is 1. The maximum absolute atomic E-state index is 12.2. The van der Waals surface area contributed by atoms with Crippen molar-refractivity contribution in [1.29, 1.82) is 0 Å². The van der Waals surface area contributed by atoms with Crippen molar-refractivity contribution in [3.63, 3.8) is 0 Å². The summed E-state index contributed by atoms with van der Waals surface area (Å²) in [6.45, 7) is 1.58. The van der Waals surface area contributed by atoms with Gasteiger partial charge in [0, 0.05) is 18.0 Å². The van der Waals surface area contributed by atoms with Gasteiger partial charge < -0.3 is 10.4 Å². The van der Waals surface area contributed by atoms with E-state index in [1.54, 1.807) is 31.2 Å². The van der Waals surface area contributed by atoms with Gasteiger partial charge in [0.25, 0.3) is 5.91 Å². The highest BCUT2D eigenvalue weighted by Gasteiger charge is 2.26.